The first kappa shape index (κ1) is 24.1. The van der Waals surface area contributed by atoms with E-state index in [-0.39, 0.29) is 17.7 Å². The van der Waals surface area contributed by atoms with E-state index < -0.39 is 16.6 Å². The van der Waals surface area contributed by atoms with Crippen molar-refractivity contribution >= 4 is 39.2 Å². The Hall–Kier alpha value is -3.63. The fraction of sp³-hybridized carbons (Fsp3) is 0.269. The minimum atomic E-state index is -1.41. The summed E-state index contributed by atoms with van der Waals surface area (Å²) in [5.74, 6) is -0.193. The van der Waals surface area contributed by atoms with Crippen molar-refractivity contribution in [2.45, 2.75) is 11.4 Å². The molecule has 186 valence electrons. The maximum atomic E-state index is 14.7. The number of pyridine rings is 1. The van der Waals surface area contributed by atoms with Crippen LogP contribution in [-0.4, -0.2) is 63.1 Å². The Balaban J connectivity index is 1.44. The number of anilines is 3. The predicted octanol–water partition coefficient (Wildman–Crippen LogP) is 3.21. The summed E-state index contributed by atoms with van der Waals surface area (Å²) in [7, 11) is 0.724. The lowest BCUT2D eigenvalue weighted by Gasteiger charge is -2.34. The molecule has 1 saturated heterocycles. The van der Waals surface area contributed by atoms with E-state index in [0.717, 1.165) is 37.6 Å². The second kappa shape index (κ2) is 10.2. The molecule has 0 radical (unpaired) electrons. The molecule has 0 saturated carbocycles. The summed E-state index contributed by atoms with van der Waals surface area (Å²) in [6.45, 7) is 3.96. The molecule has 1 aliphatic heterocycles. The third kappa shape index (κ3) is 5.00. The van der Waals surface area contributed by atoms with Crippen LogP contribution in [0.2, 0.25) is 0 Å². The van der Waals surface area contributed by atoms with E-state index in [0.29, 0.717) is 21.9 Å². The monoisotopic (exact) mass is 506 g/mol. The number of halogens is 1. The minimum absolute atomic E-state index is 0.0894. The molecule has 0 bridgehead atoms. The van der Waals surface area contributed by atoms with Crippen molar-refractivity contribution in [1.82, 2.24) is 19.4 Å². The number of nitrogens with one attached hydrogen (secondary N) is 1. The number of rotatable bonds is 6. The second-order valence-electron chi connectivity index (χ2n) is 8.86. The van der Waals surface area contributed by atoms with Crippen LogP contribution < -0.4 is 15.8 Å². The standard InChI is InChI=1S/C26H27FN6O2S/c1-31-12-14-32(15-13-31)20-9-7-19(8-10-20)29-26-28-16-18-6-11-24(34)33(25(18)30-26)17-21-22(27)4-3-5-23(21)36(2)35/h3-11,16H,12-15,17H2,1-2H3,(H,28,29,30). The molecule has 2 aromatic heterocycles. The van der Waals surface area contributed by atoms with Gasteiger partial charge in [0.15, 0.2) is 0 Å². The van der Waals surface area contributed by atoms with Gasteiger partial charge in [-0.15, -0.1) is 0 Å². The van der Waals surface area contributed by atoms with Crippen LogP contribution in [0.25, 0.3) is 11.0 Å². The highest BCUT2D eigenvalue weighted by Gasteiger charge is 2.16. The van der Waals surface area contributed by atoms with Crippen LogP contribution in [0.15, 0.2) is 70.5 Å². The van der Waals surface area contributed by atoms with Gasteiger partial charge in [-0.25, -0.2) is 9.37 Å². The molecule has 0 amide bonds. The van der Waals surface area contributed by atoms with Crippen molar-refractivity contribution in [1.29, 1.82) is 0 Å². The summed E-state index contributed by atoms with van der Waals surface area (Å²) >= 11 is 0. The van der Waals surface area contributed by atoms with Crippen molar-refractivity contribution in [2.75, 3.05) is 49.7 Å². The number of fused-ring (bicyclic) bond motifs is 1. The minimum Gasteiger partial charge on any atom is -0.369 e. The van der Waals surface area contributed by atoms with Crippen LogP contribution in [0, 0.1) is 5.82 Å². The number of nitrogens with zero attached hydrogens (tertiary/aromatic N) is 5. The van der Waals surface area contributed by atoms with Gasteiger partial charge in [-0.2, -0.15) is 4.98 Å². The average molecular weight is 507 g/mol. The topological polar surface area (TPSA) is 83.4 Å². The zero-order chi connectivity index (χ0) is 25.2. The van der Waals surface area contributed by atoms with Gasteiger partial charge >= 0.3 is 0 Å². The third-order valence-corrected chi connectivity index (χ3v) is 7.42. The van der Waals surface area contributed by atoms with Crippen molar-refractivity contribution in [3.63, 3.8) is 0 Å². The van der Waals surface area contributed by atoms with Crippen LogP contribution >= 0.6 is 0 Å². The molecule has 1 fully saturated rings. The molecule has 0 aliphatic carbocycles. The molecule has 1 unspecified atom stereocenters. The van der Waals surface area contributed by atoms with Crippen LogP contribution in [-0.2, 0) is 17.3 Å². The summed E-state index contributed by atoms with van der Waals surface area (Å²) in [6, 6.07) is 15.5. The maximum Gasteiger partial charge on any atom is 0.252 e. The van der Waals surface area contributed by atoms with E-state index in [2.05, 4.69) is 44.3 Å². The lowest BCUT2D eigenvalue weighted by molar-refractivity contribution is 0.313. The number of benzene rings is 2. The first-order chi connectivity index (χ1) is 17.4. The van der Waals surface area contributed by atoms with Crippen LogP contribution in [0.3, 0.4) is 0 Å². The second-order valence-corrected chi connectivity index (χ2v) is 10.2. The van der Waals surface area contributed by atoms with Gasteiger partial charge < -0.3 is 15.1 Å². The van der Waals surface area contributed by atoms with Gasteiger partial charge in [0.05, 0.1) is 17.3 Å². The predicted molar refractivity (Wildman–Crippen MR) is 141 cm³/mol. The van der Waals surface area contributed by atoms with Crippen molar-refractivity contribution in [2.24, 2.45) is 0 Å². The molecule has 36 heavy (non-hydrogen) atoms. The molecule has 1 atom stereocenters. The Morgan fingerprint density at radius 1 is 1.03 bits per heavy atom. The summed E-state index contributed by atoms with van der Waals surface area (Å²) in [6.07, 6.45) is 3.11. The molecule has 2 aromatic carbocycles. The van der Waals surface area contributed by atoms with Crippen LogP contribution in [0.5, 0.6) is 0 Å². The van der Waals surface area contributed by atoms with Crippen LogP contribution in [0.4, 0.5) is 21.7 Å². The first-order valence-corrected chi connectivity index (χ1v) is 13.2. The smallest absolute Gasteiger partial charge is 0.252 e. The normalized spacial score (nSPS) is 15.2. The lowest BCUT2D eigenvalue weighted by atomic mass is 10.2. The van der Waals surface area contributed by atoms with E-state index in [1.165, 1.54) is 29.0 Å². The fourth-order valence-corrected chi connectivity index (χ4v) is 5.13. The van der Waals surface area contributed by atoms with Gasteiger partial charge in [0.25, 0.3) is 5.56 Å². The first-order valence-electron chi connectivity index (χ1n) is 11.7. The maximum absolute atomic E-state index is 14.7. The Bertz CT molecular complexity index is 1480. The van der Waals surface area contributed by atoms with E-state index in [4.69, 9.17) is 0 Å². The number of hydrogen-bond acceptors (Lipinski definition) is 7. The number of hydrogen-bond donors (Lipinski definition) is 1. The van der Waals surface area contributed by atoms with E-state index >= 15 is 0 Å². The zero-order valence-corrected chi connectivity index (χ0v) is 21.0. The average Bonchev–Trinajstić information content (AvgIpc) is 2.87. The van der Waals surface area contributed by atoms with Crippen molar-refractivity contribution in [3.8, 4) is 0 Å². The Morgan fingerprint density at radius 3 is 2.50 bits per heavy atom. The van der Waals surface area contributed by atoms with Gasteiger partial charge in [-0.05, 0) is 49.5 Å². The number of likely N-dealkylation sites (N-methyl/N-ethyl adjacent to an activating group) is 1. The Morgan fingerprint density at radius 2 is 1.78 bits per heavy atom. The van der Waals surface area contributed by atoms with Gasteiger partial charge in [0.2, 0.25) is 5.95 Å². The highest BCUT2D eigenvalue weighted by Crippen LogP contribution is 2.23. The Kier molecular flexibility index (Phi) is 6.80. The zero-order valence-electron chi connectivity index (χ0n) is 20.1. The summed E-state index contributed by atoms with van der Waals surface area (Å²) in [5.41, 5.74) is 2.22. The quantitative estimate of drug-likeness (QED) is 0.430. The summed E-state index contributed by atoms with van der Waals surface area (Å²) < 4.78 is 28.2. The molecule has 8 nitrogen and oxygen atoms in total. The molecule has 3 heterocycles. The van der Waals surface area contributed by atoms with E-state index in [1.807, 2.05) is 12.1 Å². The van der Waals surface area contributed by atoms with Crippen molar-refractivity contribution in [3.05, 3.63) is 82.5 Å². The van der Waals surface area contributed by atoms with Crippen LogP contribution in [0.1, 0.15) is 5.56 Å². The fourth-order valence-electron chi connectivity index (χ4n) is 4.35. The SMILES string of the molecule is CN1CCN(c2ccc(Nc3ncc4ccc(=O)n(Cc5c(F)cccc5S(C)=O)c4n3)cc2)CC1. The molecule has 0 spiro atoms. The number of aromatic nitrogens is 3. The van der Waals surface area contributed by atoms with Gasteiger partial charge in [0, 0.05) is 71.9 Å². The third-order valence-electron chi connectivity index (χ3n) is 6.42. The summed E-state index contributed by atoms with van der Waals surface area (Å²) in [4.78, 5) is 26.8. The van der Waals surface area contributed by atoms with Crippen molar-refractivity contribution < 1.29 is 8.60 Å². The largest absolute Gasteiger partial charge is 0.369 e. The highest BCUT2D eigenvalue weighted by atomic mass is 32.2. The molecule has 1 aliphatic rings. The molecule has 10 heteroatoms. The molecular weight excluding hydrogens is 479 g/mol. The lowest BCUT2D eigenvalue weighted by Crippen LogP contribution is -2.44. The van der Waals surface area contributed by atoms with Gasteiger partial charge in [0.1, 0.15) is 11.5 Å². The molecular formula is C26H27FN6O2S. The molecule has 5 rings (SSSR count). The van der Waals surface area contributed by atoms with E-state index in [1.54, 1.807) is 18.3 Å². The van der Waals surface area contributed by atoms with Gasteiger partial charge in [-0.3, -0.25) is 13.6 Å². The molecule has 1 N–H and O–H groups in total. The summed E-state index contributed by atoms with van der Waals surface area (Å²) in [5, 5.41) is 3.84. The highest BCUT2D eigenvalue weighted by molar-refractivity contribution is 7.84. The van der Waals surface area contributed by atoms with E-state index in [9.17, 15) is 13.4 Å². The Labute approximate surface area is 210 Å². The molecule has 4 aromatic rings. The number of piperazine rings is 1. The van der Waals surface area contributed by atoms with Gasteiger partial charge in [-0.1, -0.05) is 6.07 Å².